The van der Waals surface area contributed by atoms with Crippen LogP contribution in [0.25, 0.3) is 0 Å². The van der Waals surface area contributed by atoms with Crippen molar-refractivity contribution in [2.75, 3.05) is 6.61 Å². The molecule has 0 spiro atoms. The van der Waals surface area contributed by atoms with E-state index in [9.17, 15) is 19.7 Å². The molecule has 2 rings (SSSR count). The van der Waals surface area contributed by atoms with Gasteiger partial charge in [-0.25, -0.2) is 0 Å². The van der Waals surface area contributed by atoms with E-state index < -0.39 is 16.7 Å². The number of nitrogens with zero attached hydrogens (tertiary/aromatic N) is 1. The largest absolute Gasteiger partial charge is 0.484 e. The van der Waals surface area contributed by atoms with Crippen molar-refractivity contribution in [1.29, 1.82) is 0 Å². The molecule has 0 aliphatic heterocycles. The molecule has 0 aromatic heterocycles. The Morgan fingerprint density at radius 3 is 2.44 bits per heavy atom. The fraction of sp³-hybridized carbons (Fsp3) is 0.0625. The highest BCUT2D eigenvalue weighted by molar-refractivity contribution is 9.10. The number of halogens is 1. The van der Waals surface area contributed by atoms with Crippen LogP contribution in [0.4, 0.5) is 5.69 Å². The van der Waals surface area contributed by atoms with Crippen LogP contribution in [0.15, 0.2) is 53.0 Å². The molecule has 0 aliphatic carbocycles. The molecule has 0 saturated carbocycles. The molecule has 0 fully saturated rings. The van der Waals surface area contributed by atoms with E-state index in [1.54, 1.807) is 24.3 Å². The number of thiocarbonyl (C=S) groups is 1. The van der Waals surface area contributed by atoms with Crippen molar-refractivity contribution in [1.82, 2.24) is 16.2 Å². The summed E-state index contributed by atoms with van der Waals surface area (Å²) in [6, 6.07) is 12.3. The second-order valence-electron chi connectivity index (χ2n) is 4.97. The maximum Gasteiger partial charge on any atom is 0.282 e. The van der Waals surface area contributed by atoms with Crippen LogP contribution in [0.1, 0.15) is 10.4 Å². The molecule has 11 heteroatoms. The topological polar surface area (TPSA) is 123 Å². The lowest BCUT2D eigenvalue weighted by Gasteiger charge is -2.11. The van der Waals surface area contributed by atoms with Crippen LogP contribution in [0.5, 0.6) is 5.75 Å². The van der Waals surface area contributed by atoms with Gasteiger partial charge in [0.2, 0.25) is 0 Å². The molecule has 3 N–H and O–H groups in total. The zero-order chi connectivity index (χ0) is 19.8. The molecule has 9 nitrogen and oxygen atoms in total. The van der Waals surface area contributed by atoms with Gasteiger partial charge < -0.3 is 4.74 Å². The number of benzene rings is 2. The summed E-state index contributed by atoms with van der Waals surface area (Å²) in [6.45, 7) is -0.282. The van der Waals surface area contributed by atoms with Gasteiger partial charge in [-0.15, -0.1) is 0 Å². The van der Waals surface area contributed by atoms with E-state index in [-0.39, 0.29) is 23.0 Å². The molecule has 2 aromatic rings. The average Bonchev–Trinajstić information content (AvgIpc) is 2.65. The van der Waals surface area contributed by atoms with Gasteiger partial charge in [-0.1, -0.05) is 28.1 Å². The van der Waals surface area contributed by atoms with Gasteiger partial charge in [0.05, 0.1) is 4.92 Å². The molecule has 0 atom stereocenters. The van der Waals surface area contributed by atoms with Crippen molar-refractivity contribution in [3.63, 3.8) is 0 Å². The summed E-state index contributed by atoms with van der Waals surface area (Å²) in [5, 5.41) is 13.0. The number of carbonyl (C=O) groups excluding carboxylic acids is 2. The van der Waals surface area contributed by atoms with Gasteiger partial charge in [-0.2, -0.15) is 0 Å². The summed E-state index contributed by atoms with van der Waals surface area (Å²) >= 11 is 8.16. The zero-order valence-corrected chi connectivity index (χ0v) is 16.0. The Hall–Kier alpha value is -3.05. The minimum Gasteiger partial charge on any atom is -0.484 e. The van der Waals surface area contributed by atoms with E-state index in [2.05, 4.69) is 32.1 Å². The Morgan fingerprint density at radius 2 is 1.78 bits per heavy atom. The van der Waals surface area contributed by atoms with Crippen LogP contribution in [0.2, 0.25) is 0 Å². The van der Waals surface area contributed by atoms with Crippen LogP contribution in [0.3, 0.4) is 0 Å². The van der Waals surface area contributed by atoms with Gasteiger partial charge >= 0.3 is 0 Å². The van der Waals surface area contributed by atoms with E-state index in [0.717, 1.165) is 4.47 Å². The normalized spacial score (nSPS) is 9.81. The number of carbonyl (C=O) groups is 2. The van der Waals surface area contributed by atoms with Gasteiger partial charge in [0.25, 0.3) is 17.5 Å². The summed E-state index contributed by atoms with van der Waals surface area (Å²) in [7, 11) is 0. The van der Waals surface area contributed by atoms with E-state index in [0.29, 0.717) is 5.75 Å². The first-order valence-electron chi connectivity index (χ1n) is 7.39. The van der Waals surface area contributed by atoms with Gasteiger partial charge in [-0.05, 0) is 42.5 Å². The van der Waals surface area contributed by atoms with Crippen LogP contribution in [-0.2, 0) is 4.79 Å². The molecule has 2 aromatic carbocycles. The number of rotatable bonds is 5. The number of para-hydroxylation sites is 1. The number of hydrogen-bond acceptors (Lipinski definition) is 6. The maximum absolute atomic E-state index is 12.1. The van der Waals surface area contributed by atoms with Crippen LogP contribution in [-0.4, -0.2) is 28.5 Å². The third-order valence-corrected chi connectivity index (χ3v) is 3.80. The first-order chi connectivity index (χ1) is 12.9. The van der Waals surface area contributed by atoms with Crippen molar-refractivity contribution < 1.29 is 19.2 Å². The molecule has 0 bridgehead atoms. The highest BCUT2D eigenvalue weighted by Gasteiger charge is 2.19. The highest BCUT2D eigenvalue weighted by atomic mass is 79.9. The summed E-state index contributed by atoms with van der Waals surface area (Å²) < 4.78 is 6.14. The van der Waals surface area contributed by atoms with Gasteiger partial charge in [0.1, 0.15) is 11.3 Å². The van der Waals surface area contributed by atoms with E-state index >= 15 is 0 Å². The van der Waals surface area contributed by atoms with Crippen LogP contribution in [0, 0.1) is 10.1 Å². The number of hydrazine groups is 1. The first kappa shape index (κ1) is 20.3. The average molecular weight is 453 g/mol. The first-order valence-corrected chi connectivity index (χ1v) is 8.59. The van der Waals surface area contributed by atoms with E-state index in [4.69, 9.17) is 17.0 Å². The number of amides is 2. The molecule has 0 heterocycles. The smallest absolute Gasteiger partial charge is 0.282 e. The summed E-state index contributed by atoms with van der Waals surface area (Å²) in [5.41, 5.74) is 4.05. The molecular formula is C16H13BrN4O5S. The van der Waals surface area contributed by atoms with Crippen molar-refractivity contribution in [3.8, 4) is 5.75 Å². The predicted molar refractivity (Wildman–Crippen MR) is 104 cm³/mol. The second kappa shape index (κ2) is 9.59. The van der Waals surface area contributed by atoms with Crippen molar-refractivity contribution in [3.05, 3.63) is 68.7 Å². The minimum atomic E-state index is -0.778. The third-order valence-electron chi connectivity index (χ3n) is 3.07. The number of nitrogens with one attached hydrogen (secondary N) is 3. The number of nitro benzene ring substituents is 1. The standard InChI is InChI=1S/C16H13BrN4O5S/c17-10-5-7-11(8-6-10)26-9-14(22)19-20-16(27)18-15(23)12-3-1-2-4-13(12)21(24)25/h1-8H,9H2,(H,19,22)(H2,18,20,23,27). The predicted octanol–water partition coefficient (Wildman–Crippen LogP) is 2.07. The highest BCUT2D eigenvalue weighted by Crippen LogP contribution is 2.17. The Kier molecular flexibility index (Phi) is 7.20. The summed E-state index contributed by atoms with van der Waals surface area (Å²) in [5.74, 6) is -0.819. The molecular weight excluding hydrogens is 440 g/mol. The van der Waals surface area contributed by atoms with E-state index in [1.807, 2.05) is 0 Å². The quantitative estimate of drug-likeness (QED) is 0.360. The zero-order valence-electron chi connectivity index (χ0n) is 13.6. The van der Waals surface area contributed by atoms with Crippen LogP contribution < -0.4 is 20.9 Å². The SMILES string of the molecule is O=C(COc1ccc(Br)cc1)NNC(=S)NC(=O)c1ccccc1[N+](=O)[O-]. The third kappa shape index (κ3) is 6.31. The lowest BCUT2D eigenvalue weighted by molar-refractivity contribution is -0.385. The summed E-state index contributed by atoms with van der Waals surface area (Å²) in [4.78, 5) is 34.1. The summed E-state index contributed by atoms with van der Waals surface area (Å²) in [6.07, 6.45) is 0. The van der Waals surface area contributed by atoms with Crippen molar-refractivity contribution >= 4 is 50.8 Å². The van der Waals surface area contributed by atoms with Crippen molar-refractivity contribution in [2.45, 2.75) is 0 Å². The van der Waals surface area contributed by atoms with E-state index in [1.165, 1.54) is 24.3 Å². The molecule has 0 radical (unpaired) electrons. The lowest BCUT2D eigenvalue weighted by atomic mass is 10.1. The van der Waals surface area contributed by atoms with Gasteiger partial charge in [0.15, 0.2) is 11.7 Å². The fourth-order valence-electron chi connectivity index (χ4n) is 1.87. The Morgan fingerprint density at radius 1 is 1.11 bits per heavy atom. The molecule has 140 valence electrons. The van der Waals surface area contributed by atoms with Crippen molar-refractivity contribution in [2.24, 2.45) is 0 Å². The second-order valence-corrected chi connectivity index (χ2v) is 6.30. The Balaban J connectivity index is 1.80. The molecule has 0 unspecified atom stereocenters. The number of nitro groups is 1. The molecule has 2 amide bonds. The Bertz CT molecular complexity index is 875. The molecule has 0 aliphatic rings. The van der Waals surface area contributed by atoms with Crippen LogP contribution >= 0.6 is 28.1 Å². The fourth-order valence-corrected chi connectivity index (χ4v) is 2.28. The number of ether oxygens (including phenoxy) is 1. The van der Waals surface area contributed by atoms with Gasteiger partial charge in [0, 0.05) is 10.5 Å². The molecule has 27 heavy (non-hydrogen) atoms. The molecule has 0 saturated heterocycles. The minimum absolute atomic E-state index is 0.156. The maximum atomic E-state index is 12.1. The Labute approximate surface area is 167 Å². The van der Waals surface area contributed by atoms with Gasteiger partial charge in [-0.3, -0.25) is 35.9 Å². The number of hydrogen-bond donors (Lipinski definition) is 3. The monoisotopic (exact) mass is 452 g/mol. The lowest BCUT2D eigenvalue weighted by Crippen LogP contribution is -2.49.